The summed E-state index contributed by atoms with van der Waals surface area (Å²) < 4.78 is 0. The van der Waals surface area contributed by atoms with Crippen LogP contribution in [-0.2, 0) is 0 Å². The number of thioether (sulfide) groups is 1. The number of carbonyl (C=O) groups excluding carboxylic acids is 1. The Bertz CT molecular complexity index is 281. The molecule has 2 fully saturated rings. The zero-order chi connectivity index (χ0) is 12.4. The molecule has 0 aliphatic heterocycles. The number of rotatable bonds is 4. The van der Waals surface area contributed by atoms with Crippen LogP contribution in [0, 0.1) is 5.92 Å². The third kappa shape index (κ3) is 3.09. The minimum atomic E-state index is 0.121. The summed E-state index contributed by atoms with van der Waals surface area (Å²) in [7, 11) is 1.93. The standard InChI is InChI=1S/C13H24N2OS/c1-9(10-7-8-10)15(2)13(16)14-11-5-4-6-12(11)17-3/h9-12H,4-8H2,1-3H3,(H,14,16). The van der Waals surface area contributed by atoms with Crippen molar-refractivity contribution in [2.45, 2.75) is 56.4 Å². The van der Waals surface area contributed by atoms with Gasteiger partial charge in [-0.1, -0.05) is 6.42 Å². The zero-order valence-corrected chi connectivity index (χ0v) is 11.9. The maximum absolute atomic E-state index is 12.1. The summed E-state index contributed by atoms with van der Waals surface area (Å²) in [5.74, 6) is 0.741. The van der Waals surface area contributed by atoms with Crippen LogP contribution in [0.5, 0.6) is 0 Å². The van der Waals surface area contributed by atoms with Gasteiger partial charge in [0.05, 0.1) is 0 Å². The van der Waals surface area contributed by atoms with Crippen LogP contribution in [0.1, 0.15) is 39.0 Å². The van der Waals surface area contributed by atoms with E-state index in [9.17, 15) is 4.79 Å². The van der Waals surface area contributed by atoms with Crippen molar-refractivity contribution in [3.8, 4) is 0 Å². The fraction of sp³-hybridized carbons (Fsp3) is 0.923. The van der Waals surface area contributed by atoms with Gasteiger partial charge in [-0.3, -0.25) is 0 Å². The first-order valence-electron chi connectivity index (χ1n) is 6.69. The zero-order valence-electron chi connectivity index (χ0n) is 11.1. The Morgan fingerprint density at radius 2 is 2.06 bits per heavy atom. The fourth-order valence-corrected chi connectivity index (χ4v) is 3.65. The molecular weight excluding hydrogens is 232 g/mol. The molecule has 0 aromatic rings. The van der Waals surface area contributed by atoms with E-state index in [0.717, 1.165) is 12.3 Å². The SMILES string of the molecule is CSC1CCCC1NC(=O)N(C)C(C)C1CC1. The average molecular weight is 256 g/mol. The number of nitrogens with one attached hydrogen (secondary N) is 1. The molecule has 0 spiro atoms. The first-order valence-corrected chi connectivity index (χ1v) is 7.98. The van der Waals surface area contributed by atoms with Gasteiger partial charge in [-0.2, -0.15) is 11.8 Å². The molecule has 2 aliphatic carbocycles. The van der Waals surface area contributed by atoms with Crippen LogP contribution in [0.25, 0.3) is 0 Å². The first kappa shape index (κ1) is 13.1. The normalized spacial score (nSPS) is 30.1. The van der Waals surface area contributed by atoms with E-state index in [4.69, 9.17) is 0 Å². The number of urea groups is 1. The molecule has 2 aliphatic rings. The molecule has 4 heteroatoms. The third-order valence-electron chi connectivity index (χ3n) is 4.30. The van der Waals surface area contributed by atoms with Gasteiger partial charge in [0.2, 0.25) is 0 Å². The van der Waals surface area contributed by atoms with Gasteiger partial charge >= 0.3 is 6.03 Å². The van der Waals surface area contributed by atoms with E-state index >= 15 is 0 Å². The predicted octanol–water partition coefficient (Wildman–Crippen LogP) is 2.71. The van der Waals surface area contributed by atoms with Crippen molar-refractivity contribution in [1.82, 2.24) is 10.2 Å². The Morgan fingerprint density at radius 3 is 2.65 bits per heavy atom. The second-order valence-electron chi connectivity index (χ2n) is 5.45. The summed E-state index contributed by atoms with van der Waals surface area (Å²) in [6, 6.07) is 0.894. The molecule has 98 valence electrons. The maximum atomic E-state index is 12.1. The lowest BCUT2D eigenvalue weighted by Gasteiger charge is -2.28. The lowest BCUT2D eigenvalue weighted by Crippen LogP contribution is -2.48. The summed E-state index contributed by atoms with van der Waals surface area (Å²) in [6.45, 7) is 2.16. The van der Waals surface area contributed by atoms with Crippen LogP contribution in [0.15, 0.2) is 0 Å². The van der Waals surface area contributed by atoms with E-state index in [1.54, 1.807) is 0 Å². The second-order valence-corrected chi connectivity index (χ2v) is 6.53. The molecule has 2 rings (SSSR count). The molecule has 1 N–H and O–H groups in total. The molecule has 2 amide bonds. The average Bonchev–Trinajstić information content (AvgIpc) is 3.08. The molecule has 17 heavy (non-hydrogen) atoms. The molecule has 0 aromatic carbocycles. The van der Waals surface area contributed by atoms with Gasteiger partial charge in [0.15, 0.2) is 0 Å². The lowest BCUT2D eigenvalue weighted by molar-refractivity contribution is 0.184. The maximum Gasteiger partial charge on any atom is 0.317 e. The van der Waals surface area contributed by atoms with E-state index in [-0.39, 0.29) is 6.03 Å². The fourth-order valence-electron chi connectivity index (χ4n) is 2.71. The molecule has 0 bridgehead atoms. The summed E-state index contributed by atoms with van der Waals surface area (Å²) in [4.78, 5) is 14.0. The lowest BCUT2D eigenvalue weighted by atomic mass is 10.2. The van der Waals surface area contributed by atoms with E-state index in [1.807, 2.05) is 23.7 Å². The van der Waals surface area contributed by atoms with Gasteiger partial charge in [-0.05, 0) is 44.8 Å². The Morgan fingerprint density at radius 1 is 1.35 bits per heavy atom. The van der Waals surface area contributed by atoms with Crippen molar-refractivity contribution in [2.75, 3.05) is 13.3 Å². The molecule has 0 radical (unpaired) electrons. The van der Waals surface area contributed by atoms with Gasteiger partial charge in [-0.25, -0.2) is 4.79 Å². The summed E-state index contributed by atoms with van der Waals surface area (Å²) in [5.41, 5.74) is 0. The van der Waals surface area contributed by atoms with E-state index < -0.39 is 0 Å². The van der Waals surface area contributed by atoms with Gasteiger partial charge in [-0.15, -0.1) is 0 Å². The van der Waals surface area contributed by atoms with Crippen LogP contribution in [0.2, 0.25) is 0 Å². The van der Waals surface area contributed by atoms with Crippen molar-refractivity contribution in [3.05, 3.63) is 0 Å². The largest absolute Gasteiger partial charge is 0.334 e. The Labute approximate surface area is 109 Å². The van der Waals surface area contributed by atoms with Crippen molar-refractivity contribution >= 4 is 17.8 Å². The number of hydrogen-bond acceptors (Lipinski definition) is 2. The van der Waals surface area contributed by atoms with Gasteiger partial charge in [0.1, 0.15) is 0 Å². The van der Waals surface area contributed by atoms with Crippen LogP contribution in [0.4, 0.5) is 4.79 Å². The molecule has 0 saturated heterocycles. The molecule has 3 unspecified atom stereocenters. The van der Waals surface area contributed by atoms with Crippen molar-refractivity contribution < 1.29 is 4.79 Å². The van der Waals surface area contributed by atoms with E-state index in [1.165, 1.54) is 25.7 Å². The minimum absolute atomic E-state index is 0.121. The monoisotopic (exact) mass is 256 g/mol. The van der Waals surface area contributed by atoms with Gasteiger partial charge < -0.3 is 10.2 Å². The van der Waals surface area contributed by atoms with Crippen LogP contribution < -0.4 is 5.32 Å². The highest BCUT2D eigenvalue weighted by Crippen LogP contribution is 2.35. The Hall–Kier alpha value is -0.380. The highest BCUT2D eigenvalue weighted by atomic mass is 32.2. The van der Waals surface area contributed by atoms with Gasteiger partial charge in [0, 0.05) is 24.4 Å². The van der Waals surface area contributed by atoms with Crippen molar-refractivity contribution in [1.29, 1.82) is 0 Å². The summed E-state index contributed by atoms with van der Waals surface area (Å²) in [6.07, 6.45) is 8.35. The minimum Gasteiger partial charge on any atom is -0.334 e. The molecule has 2 saturated carbocycles. The highest BCUT2D eigenvalue weighted by molar-refractivity contribution is 7.99. The summed E-state index contributed by atoms with van der Waals surface area (Å²) >= 11 is 1.89. The number of carbonyl (C=O) groups is 1. The molecular formula is C13H24N2OS. The predicted molar refractivity (Wildman–Crippen MR) is 73.4 cm³/mol. The summed E-state index contributed by atoms with van der Waals surface area (Å²) in [5, 5.41) is 3.82. The Balaban J connectivity index is 1.83. The van der Waals surface area contributed by atoms with Crippen LogP contribution in [0.3, 0.4) is 0 Å². The van der Waals surface area contributed by atoms with Gasteiger partial charge in [0.25, 0.3) is 0 Å². The third-order valence-corrected chi connectivity index (χ3v) is 5.47. The number of hydrogen-bond donors (Lipinski definition) is 1. The van der Waals surface area contributed by atoms with E-state index in [2.05, 4.69) is 18.5 Å². The first-order chi connectivity index (χ1) is 8.13. The van der Waals surface area contributed by atoms with Crippen LogP contribution in [-0.4, -0.2) is 41.6 Å². The number of nitrogens with zero attached hydrogens (tertiary/aromatic N) is 1. The van der Waals surface area contributed by atoms with Crippen molar-refractivity contribution in [3.63, 3.8) is 0 Å². The van der Waals surface area contributed by atoms with E-state index in [0.29, 0.717) is 17.3 Å². The smallest absolute Gasteiger partial charge is 0.317 e. The van der Waals surface area contributed by atoms with Crippen LogP contribution >= 0.6 is 11.8 Å². The molecule has 3 nitrogen and oxygen atoms in total. The van der Waals surface area contributed by atoms with Crippen molar-refractivity contribution in [2.24, 2.45) is 5.92 Å². The highest BCUT2D eigenvalue weighted by Gasteiger charge is 2.34. The quantitative estimate of drug-likeness (QED) is 0.839. The second kappa shape index (κ2) is 5.51. The molecule has 3 atom stereocenters. The Kier molecular flexibility index (Phi) is 4.23. The topological polar surface area (TPSA) is 32.3 Å². The number of amides is 2. The molecule has 0 aromatic heterocycles. The molecule has 0 heterocycles.